The van der Waals surface area contributed by atoms with Gasteiger partial charge in [0.05, 0.1) is 5.56 Å². The Morgan fingerprint density at radius 3 is 2.80 bits per heavy atom. The highest BCUT2D eigenvalue weighted by Crippen LogP contribution is 2.34. The molecule has 0 bridgehead atoms. The molecule has 1 aliphatic carbocycles. The van der Waals surface area contributed by atoms with E-state index in [1.54, 1.807) is 24.3 Å². The average molecular weight is 292 g/mol. The number of likely N-dealkylation sites (N-methyl/N-ethyl adjacent to an activating group) is 1. The molecule has 2 unspecified atom stereocenters. The lowest BCUT2D eigenvalue weighted by atomic mass is 9.89. The third-order valence-corrected chi connectivity index (χ3v) is 4.52. The van der Waals surface area contributed by atoms with Gasteiger partial charge in [-0.2, -0.15) is 0 Å². The molecule has 106 valence electrons. The zero-order chi connectivity index (χ0) is 14.1. The van der Waals surface area contributed by atoms with Gasteiger partial charge in [-0.1, -0.05) is 11.6 Å². The van der Waals surface area contributed by atoms with Crippen LogP contribution in [0, 0.1) is 5.92 Å². The van der Waals surface area contributed by atoms with Gasteiger partial charge in [0.2, 0.25) is 0 Å². The van der Waals surface area contributed by atoms with E-state index >= 15 is 0 Å². The van der Waals surface area contributed by atoms with Crippen LogP contribution in [0.25, 0.3) is 0 Å². The molecule has 0 N–H and O–H groups in total. The first kappa shape index (κ1) is 13.7. The summed E-state index contributed by atoms with van der Waals surface area (Å²) in [6.45, 7) is 1.13. The number of allylic oxidation sites excluding steroid dienone is 1. The van der Waals surface area contributed by atoms with Crippen molar-refractivity contribution in [3.05, 3.63) is 46.7 Å². The molecule has 1 aliphatic heterocycles. The molecule has 0 amide bonds. The van der Waals surface area contributed by atoms with E-state index in [1.807, 2.05) is 0 Å². The van der Waals surface area contributed by atoms with Crippen molar-refractivity contribution in [2.24, 2.45) is 5.92 Å². The monoisotopic (exact) mass is 291 g/mol. The highest BCUT2D eigenvalue weighted by molar-refractivity contribution is 6.30. The number of benzene rings is 1. The molecule has 20 heavy (non-hydrogen) atoms. The highest BCUT2D eigenvalue weighted by Gasteiger charge is 2.33. The van der Waals surface area contributed by atoms with Crippen LogP contribution in [-0.2, 0) is 4.74 Å². The summed E-state index contributed by atoms with van der Waals surface area (Å²) in [5.74, 6) is 1.23. The van der Waals surface area contributed by atoms with E-state index in [9.17, 15) is 4.79 Å². The van der Waals surface area contributed by atoms with Crippen molar-refractivity contribution >= 4 is 17.6 Å². The minimum absolute atomic E-state index is 0.299. The van der Waals surface area contributed by atoms with Crippen molar-refractivity contribution in [2.45, 2.75) is 25.3 Å². The van der Waals surface area contributed by atoms with Gasteiger partial charge < -0.3 is 4.74 Å². The summed E-state index contributed by atoms with van der Waals surface area (Å²) in [5.41, 5.74) is 0.539. The van der Waals surface area contributed by atoms with Gasteiger partial charge in [0.1, 0.15) is 5.76 Å². The average Bonchev–Trinajstić information content (AvgIpc) is 2.81. The molecule has 3 rings (SSSR count). The Kier molecular flexibility index (Phi) is 3.81. The zero-order valence-corrected chi connectivity index (χ0v) is 12.3. The van der Waals surface area contributed by atoms with E-state index in [0.29, 0.717) is 16.6 Å². The third kappa shape index (κ3) is 2.74. The van der Waals surface area contributed by atoms with Crippen LogP contribution in [0.1, 0.15) is 29.6 Å². The third-order valence-electron chi connectivity index (χ3n) is 4.27. The summed E-state index contributed by atoms with van der Waals surface area (Å²) in [7, 11) is 2.13. The molecular formula is C16H18ClNO2. The minimum Gasteiger partial charge on any atom is -0.428 e. The Bertz CT molecular complexity index is 538. The number of hydrogen-bond donors (Lipinski definition) is 0. The SMILES string of the molecule is CN1CCC2CCC(OC(=O)c3ccc(Cl)cc3)=CC21. The normalized spacial score (nSPS) is 26.0. The summed E-state index contributed by atoms with van der Waals surface area (Å²) in [5, 5.41) is 0.619. The number of ether oxygens (including phenoxy) is 1. The standard InChI is InChI=1S/C16H18ClNO2/c1-18-9-8-11-4-7-14(10-15(11)18)20-16(19)12-2-5-13(17)6-3-12/h2-3,5-6,10-11,15H,4,7-9H2,1H3. The van der Waals surface area contributed by atoms with Gasteiger partial charge in [0.15, 0.2) is 0 Å². The van der Waals surface area contributed by atoms with E-state index in [1.165, 1.54) is 6.42 Å². The van der Waals surface area contributed by atoms with Gasteiger partial charge >= 0.3 is 5.97 Å². The van der Waals surface area contributed by atoms with Crippen LogP contribution >= 0.6 is 11.6 Å². The number of carbonyl (C=O) groups is 1. The molecule has 3 nitrogen and oxygen atoms in total. The van der Waals surface area contributed by atoms with E-state index in [0.717, 1.165) is 31.1 Å². The molecule has 1 aromatic carbocycles. The number of hydrogen-bond acceptors (Lipinski definition) is 3. The fraction of sp³-hybridized carbons (Fsp3) is 0.438. The quantitative estimate of drug-likeness (QED) is 0.781. The van der Waals surface area contributed by atoms with Crippen molar-refractivity contribution in [3.63, 3.8) is 0 Å². The number of carbonyl (C=O) groups excluding carboxylic acids is 1. The lowest BCUT2D eigenvalue weighted by Gasteiger charge is -2.27. The van der Waals surface area contributed by atoms with Gasteiger partial charge in [-0.3, -0.25) is 4.90 Å². The van der Waals surface area contributed by atoms with Crippen LogP contribution < -0.4 is 0 Å². The molecule has 1 aromatic rings. The van der Waals surface area contributed by atoms with E-state index in [4.69, 9.17) is 16.3 Å². The van der Waals surface area contributed by atoms with Crippen molar-refractivity contribution in [1.82, 2.24) is 4.90 Å². The summed E-state index contributed by atoms with van der Waals surface area (Å²) in [6.07, 6.45) is 5.33. The van der Waals surface area contributed by atoms with Gasteiger partial charge in [0, 0.05) is 17.5 Å². The van der Waals surface area contributed by atoms with Crippen molar-refractivity contribution in [3.8, 4) is 0 Å². The van der Waals surface area contributed by atoms with E-state index in [-0.39, 0.29) is 5.97 Å². The maximum absolute atomic E-state index is 12.1. The van der Waals surface area contributed by atoms with Crippen molar-refractivity contribution in [1.29, 1.82) is 0 Å². The smallest absolute Gasteiger partial charge is 0.343 e. The molecule has 0 saturated carbocycles. The Balaban J connectivity index is 1.70. The molecule has 2 aliphatic rings. The fourth-order valence-electron chi connectivity index (χ4n) is 3.08. The number of likely N-dealkylation sites (tertiary alicyclic amines) is 1. The first-order chi connectivity index (χ1) is 9.63. The summed E-state index contributed by atoms with van der Waals surface area (Å²) >= 11 is 5.82. The predicted molar refractivity (Wildman–Crippen MR) is 78.7 cm³/mol. The second kappa shape index (κ2) is 5.58. The second-order valence-electron chi connectivity index (χ2n) is 5.59. The lowest BCUT2D eigenvalue weighted by molar-refractivity contribution is 0.0598. The first-order valence-corrected chi connectivity index (χ1v) is 7.40. The first-order valence-electron chi connectivity index (χ1n) is 7.02. The summed E-state index contributed by atoms with van der Waals surface area (Å²) in [4.78, 5) is 14.4. The Morgan fingerprint density at radius 2 is 2.05 bits per heavy atom. The number of fused-ring (bicyclic) bond motifs is 1. The van der Waals surface area contributed by atoms with Crippen LogP contribution in [0.2, 0.25) is 5.02 Å². The molecule has 2 atom stereocenters. The Morgan fingerprint density at radius 1 is 1.30 bits per heavy atom. The number of nitrogens with zero attached hydrogens (tertiary/aromatic N) is 1. The topological polar surface area (TPSA) is 29.5 Å². The largest absolute Gasteiger partial charge is 0.428 e. The van der Waals surface area contributed by atoms with Crippen LogP contribution in [0.4, 0.5) is 0 Å². The molecule has 1 fully saturated rings. The van der Waals surface area contributed by atoms with Crippen LogP contribution in [0.5, 0.6) is 0 Å². The fourth-order valence-corrected chi connectivity index (χ4v) is 3.20. The number of rotatable bonds is 2. The zero-order valence-electron chi connectivity index (χ0n) is 11.5. The van der Waals surface area contributed by atoms with Crippen LogP contribution in [0.15, 0.2) is 36.1 Å². The second-order valence-corrected chi connectivity index (χ2v) is 6.02. The molecule has 0 spiro atoms. The molecule has 0 aromatic heterocycles. The Labute approximate surface area is 124 Å². The lowest BCUT2D eigenvalue weighted by Crippen LogP contribution is -2.30. The molecule has 0 radical (unpaired) electrons. The highest BCUT2D eigenvalue weighted by atomic mass is 35.5. The van der Waals surface area contributed by atoms with Crippen molar-refractivity contribution < 1.29 is 9.53 Å². The van der Waals surface area contributed by atoms with Gasteiger partial charge in [-0.15, -0.1) is 0 Å². The van der Waals surface area contributed by atoms with Gasteiger partial charge in [0.25, 0.3) is 0 Å². The molecular weight excluding hydrogens is 274 g/mol. The Hall–Kier alpha value is -1.32. The van der Waals surface area contributed by atoms with Crippen LogP contribution in [0.3, 0.4) is 0 Å². The van der Waals surface area contributed by atoms with Crippen molar-refractivity contribution in [2.75, 3.05) is 13.6 Å². The number of halogens is 1. The molecule has 4 heteroatoms. The molecule has 1 saturated heterocycles. The van der Waals surface area contributed by atoms with E-state index in [2.05, 4.69) is 18.0 Å². The van der Waals surface area contributed by atoms with Gasteiger partial charge in [-0.05, 0) is 62.7 Å². The van der Waals surface area contributed by atoms with E-state index < -0.39 is 0 Å². The maximum Gasteiger partial charge on any atom is 0.343 e. The number of esters is 1. The van der Waals surface area contributed by atoms with Crippen LogP contribution in [-0.4, -0.2) is 30.5 Å². The summed E-state index contributed by atoms with van der Waals surface area (Å²) in [6, 6.07) is 7.22. The maximum atomic E-state index is 12.1. The summed E-state index contributed by atoms with van der Waals surface area (Å²) < 4.78 is 5.53. The minimum atomic E-state index is -0.299. The molecule has 1 heterocycles. The van der Waals surface area contributed by atoms with Gasteiger partial charge in [-0.25, -0.2) is 4.79 Å². The predicted octanol–water partition coefficient (Wildman–Crippen LogP) is 3.49.